The number of thioether (sulfide) groups is 1. The molecular formula is C4H10N2S. The lowest BCUT2D eigenvalue weighted by Gasteiger charge is -1.97. The molecule has 1 rings (SSSR count). The van der Waals surface area contributed by atoms with Gasteiger partial charge in [-0.3, -0.25) is 0 Å². The van der Waals surface area contributed by atoms with Gasteiger partial charge in [0, 0.05) is 0 Å². The van der Waals surface area contributed by atoms with Gasteiger partial charge in [-0.15, -0.1) is 11.8 Å². The Morgan fingerprint density at radius 3 is 1.71 bits per heavy atom. The van der Waals surface area contributed by atoms with E-state index in [2.05, 4.69) is 0 Å². The van der Waals surface area contributed by atoms with Crippen LogP contribution >= 0.6 is 11.8 Å². The highest BCUT2D eigenvalue weighted by atomic mass is 32.2. The van der Waals surface area contributed by atoms with Crippen molar-refractivity contribution in [3.05, 3.63) is 0 Å². The Morgan fingerprint density at radius 1 is 1.14 bits per heavy atom. The van der Waals surface area contributed by atoms with Crippen LogP contribution in [0.4, 0.5) is 0 Å². The van der Waals surface area contributed by atoms with Gasteiger partial charge in [0.2, 0.25) is 0 Å². The zero-order chi connectivity index (χ0) is 5.28. The molecule has 0 spiro atoms. The van der Waals surface area contributed by atoms with Gasteiger partial charge in [-0.05, 0) is 12.8 Å². The van der Waals surface area contributed by atoms with Gasteiger partial charge in [-0.1, -0.05) is 0 Å². The maximum atomic E-state index is 5.51. The van der Waals surface area contributed by atoms with Gasteiger partial charge >= 0.3 is 0 Å². The zero-order valence-electron chi connectivity index (χ0n) is 4.13. The molecule has 0 aromatic rings. The minimum absolute atomic E-state index is 0.315. The second-order valence-corrected chi connectivity index (χ2v) is 3.27. The highest BCUT2D eigenvalue weighted by molar-refractivity contribution is 8.00. The molecule has 2 nitrogen and oxygen atoms in total. The molecule has 0 aromatic carbocycles. The first-order valence-corrected chi connectivity index (χ1v) is 3.40. The van der Waals surface area contributed by atoms with E-state index in [1.54, 1.807) is 11.8 Å². The molecule has 42 valence electrons. The summed E-state index contributed by atoms with van der Waals surface area (Å²) < 4.78 is 0. The summed E-state index contributed by atoms with van der Waals surface area (Å²) in [4.78, 5) is 0. The molecule has 1 heterocycles. The molecule has 2 unspecified atom stereocenters. The summed E-state index contributed by atoms with van der Waals surface area (Å²) in [7, 11) is 0. The van der Waals surface area contributed by atoms with E-state index in [-0.39, 0.29) is 0 Å². The van der Waals surface area contributed by atoms with Gasteiger partial charge in [-0.2, -0.15) is 0 Å². The Labute approximate surface area is 47.6 Å². The van der Waals surface area contributed by atoms with Crippen LogP contribution in [0.2, 0.25) is 0 Å². The second kappa shape index (κ2) is 2.03. The highest BCUT2D eigenvalue weighted by Gasteiger charge is 2.17. The van der Waals surface area contributed by atoms with Crippen molar-refractivity contribution in [1.82, 2.24) is 0 Å². The molecule has 0 radical (unpaired) electrons. The smallest absolute Gasteiger partial charge is 0.0523 e. The monoisotopic (exact) mass is 118 g/mol. The zero-order valence-corrected chi connectivity index (χ0v) is 4.95. The third-order valence-electron chi connectivity index (χ3n) is 1.09. The van der Waals surface area contributed by atoms with Crippen LogP contribution in [0, 0.1) is 0 Å². The SMILES string of the molecule is NC1CCC(N)S1. The molecule has 0 amide bonds. The van der Waals surface area contributed by atoms with Gasteiger partial charge in [0.1, 0.15) is 0 Å². The standard InChI is InChI=1S/C4H10N2S/c5-3-1-2-4(6)7-3/h3-4H,1-2,5-6H2. The number of rotatable bonds is 0. The predicted octanol–water partition coefficient (Wildman–Crippen LogP) is 0.0830. The summed E-state index contributed by atoms with van der Waals surface area (Å²) in [6, 6.07) is 0. The van der Waals surface area contributed by atoms with Crippen LogP contribution in [0.15, 0.2) is 0 Å². The van der Waals surface area contributed by atoms with Crippen molar-refractivity contribution >= 4 is 11.8 Å². The van der Waals surface area contributed by atoms with Crippen LogP contribution in [0.1, 0.15) is 12.8 Å². The molecule has 1 aliphatic rings. The van der Waals surface area contributed by atoms with Crippen molar-refractivity contribution in [2.75, 3.05) is 0 Å². The molecule has 7 heavy (non-hydrogen) atoms. The molecule has 2 atom stereocenters. The molecule has 0 saturated carbocycles. The summed E-state index contributed by atoms with van der Waals surface area (Å²) in [5, 5.41) is 0.630. The summed E-state index contributed by atoms with van der Waals surface area (Å²) in [6.45, 7) is 0. The van der Waals surface area contributed by atoms with E-state index >= 15 is 0 Å². The maximum Gasteiger partial charge on any atom is 0.0523 e. The molecule has 3 heteroatoms. The predicted molar refractivity (Wildman–Crippen MR) is 32.8 cm³/mol. The molecule has 1 fully saturated rings. The number of nitrogens with two attached hydrogens (primary N) is 2. The van der Waals surface area contributed by atoms with Crippen molar-refractivity contribution in [3.63, 3.8) is 0 Å². The summed E-state index contributed by atoms with van der Waals surface area (Å²) in [5.74, 6) is 0. The number of hydrogen-bond donors (Lipinski definition) is 2. The van der Waals surface area contributed by atoms with Gasteiger partial charge in [0.15, 0.2) is 0 Å². The molecule has 0 aliphatic carbocycles. The quantitative estimate of drug-likeness (QED) is 0.473. The normalized spacial score (nSPS) is 42.0. The Balaban J connectivity index is 2.26. The van der Waals surface area contributed by atoms with Crippen molar-refractivity contribution in [3.8, 4) is 0 Å². The third-order valence-corrected chi connectivity index (χ3v) is 2.26. The van der Waals surface area contributed by atoms with Gasteiger partial charge in [0.05, 0.1) is 10.7 Å². The Kier molecular flexibility index (Phi) is 1.57. The van der Waals surface area contributed by atoms with Crippen molar-refractivity contribution < 1.29 is 0 Å². The van der Waals surface area contributed by atoms with Crippen LogP contribution in [0.3, 0.4) is 0 Å². The first-order chi connectivity index (χ1) is 3.29. The van der Waals surface area contributed by atoms with E-state index in [0.29, 0.717) is 10.7 Å². The van der Waals surface area contributed by atoms with Crippen LogP contribution < -0.4 is 11.5 Å². The van der Waals surface area contributed by atoms with Crippen LogP contribution in [0.5, 0.6) is 0 Å². The topological polar surface area (TPSA) is 52.0 Å². The van der Waals surface area contributed by atoms with Crippen LogP contribution in [-0.2, 0) is 0 Å². The van der Waals surface area contributed by atoms with Gasteiger partial charge in [0.25, 0.3) is 0 Å². The van der Waals surface area contributed by atoms with Crippen molar-refractivity contribution in [1.29, 1.82) is 0 Å². The Hall–Kier alpha value is 0.270. The fourth-order valence-corrected chi connectivity index (χ4v) is 1.68. The molecule has 4 N–H and O–H groups in total. The van der Waals surface area contributed by atoms with E-state index in [4.69, 9.17) is 11.5 Å². The van der Waals surface area contributed by atoms with E-state index in [9.17, 15) is 0 Å². The average Bonchev–Trinajstić information content (AvgIpc) is 1.87. The average molecular weight is 118 g/mol. The third kappa shape index (κ3) is 1.33. The molecule has 1 aliphatic heterocycles. The minimum Gasteiger partial charge on any atom is -0.319 e. The molecular weight excluding hydrogens is 108 g/mol. The minimum atomic E-state index is 0.315. The fourth-order valence-electron chi connectivity index (χ4n) is 0.689. The van der Waals surface area contributed by atoms with E-state index in [1.807, 2.05) is 0 Å². The first kappa shape index (κ1) is 5.41. The lowest BCUT2D eigenvalue weighted by atomic mass is 10.3. The summed E-state index contributed by atoms with van der Waals surface area (Å²) >= 11 is 1.68. The Bertz CT molecular complexity index is 58.7. The van der Waals surface area contributed by atoms with E-state index in [1.165, 1.54) is 0 Å². The molecule has 0 bridgehead atoms. The van der Waals surface area contributed by atoms with Crippen LogP contribution in [-0.4, -0.2) is 10.7 Å². The molecule has 1 saturated heterocycles. The fraction of sp³-hybridized carbons (Fsp3) is 1.00. The summed E-state index contributed by atoms with van der Waals surface area (Å²) in [6.07, 6.45) is 2.18. The maximum absolute atomic E-state index is 5.51. The van der Waals surface area contributed by atoms with Gasteiger partial charge < -0.3 is 11.5 Å². The second-order valence-electron chi connectivity index (χ2n) is 1.79. The van der Waals surface area contributed by atoms with Crippen LogP contribution in [0.25, 0.3) is 0 Å². The lowest BCUT2D eigenvalue weighted by Crippen LogP contribution is -2.13. The van der Waals surface area contributed by atoms with Gasteiger partial charge in [-0.25, -0.2) is 0 Å². The van der Waals surface area contributed by atoms with E-state index < -0.39 is 0 Å². The van der Waals surface area contributed by atoms with E-state index in [0.717, 1.165) is 12.8 Å². The summed E-state index contributed by atoms with van der Waals surface area (Å²) in [5.41, 5.74) is 11.0. The van der Waals surface area contributed by atoms with Crippen molar-refractivity contribution in [2.24, 2.45) is 11.5 Å². The molecule has 0 aromatic heterocycles. The largest absolute Gasteiger partial charge is 0.319 e. The first-order valence-electron chi connectivity index (χ1n) is 2.45. The lowest BCUT2D eigenvalue weighted by molar-refractivity contribution is 0.748. The highest BCUT2D eigenvalue weighted by Crippen LogP contribution is 2.25. The number of hydrogen-bond acceptors (Lipinski definition) is 3. The Morgan fingerprint density at radius 2 is 1.57 bits per heavy atom. The van der Waals surface area contributed by atoms with Crippen molar-refractivity contribution in [2.45, 2.75) is 23.6 Å².